The van der Waals surface area contributed by atoms with Crippen molar-refractivity contribution in [3.63, 3.8) is 0 Å². The maximum atomic E-state index is 14.3. The van der Waals surface area contributed by atoms with Gasteiger partial charge in [0.15, 0.2) is 0 Å². The second-order valence-electron chi connectivity index (χ2n) is 10.7. The van der Waals surface area contributed by atoms with Gasteiger partial charge < -0.3 is 15.0 Å². The first kappa shape index (κ1) is 32.6. The minimum atomic E-state index is -4.22. The molecule has 0 unspecified atom stereocenters. The van der Waals surface area contributed by atoms with E-state index in [1.165, 1.54) is 24.1 Å². The van der Waals surface area contributed by atoms with E-state index in [4.69, 9.17) is 27.9 Å². The molecule has 8 nitrogen and oxygen atoms in total. The van der Waals surface area contributed by atoms with Gasteiger partial charge in [-0.05, 0) is 68.1 Å². The average Bonchev–Trinajstić information content (AvgIpc) is 3.50. The molecule has 3 aromatic rings. The number of para-hydroxylation sites is 2. The predicted molar refractivity (Wildman–Crippen MR) is 170 cm³/mol. The van der Waals surface area contributed by atoms with Crippen molar-refractivity contribution in [1.29, 1.82) is 0 Å². The van der Waals surface area contributed by atoms with E-state index < -0.39 is 28.5 Å². The zero-order valence-corrected chi connectivity index (χ0v) is 26.9. The van der Waals surface area contributed by atoms with Gasteiger partial charge in [-0.1, -0.05) is 78.9 Å². The fourth-order valence-corrected chi connectivity index (χ4v) is 7.05. The molecule has 4 rings (SSSR count). The molecule has 1 saturated carbocycles. The molecule has 0 bridgehead atoms. The number of ether oxygens (including phenoxy) is 1. The lowest BCUT2D eigenvalue weighted by Gasteiger charge is -2.34. The van der Waals surface area contributed by atoms with E-state index in [0.29, 0.717) is 22.0 Å². The number of halogens is 2. The molecule has 11 heteroatoms. The van der Waals surface area contributed by atoms with E-state index in [9.17, 15) is 18.0 Å². The molecule has 1 atom stereocenters. The summed E-state index contributed by atoms with van der Waals surface area (Å²) in [5, 5.41) is 3.78. The Hall–Kier alpha value is -3.27. The van der Waals surface area contributed by atoms with E-state index in [0.717, 1.165) is 35.6 Å². The second kappa shape index (κ2) is 14.5. The van der Waals surface area contributed by atoms with Crippen LogP contribution in [0.15, 0.2) is 71.6 Å². The highest BCUT2D eigenvalue weighted by atomic mass is 35.5. The highest BCUT2D eigenvalue weighted by molar-refractivity contribution is 7.92. The Balaban J connectivity index is 1.75. The topological polar surface area (TPSA) is 96.0 Å². The fraction of sp³-hybridized carbons (Fsp3) is 0.375. The highest BCUT2D eigenvalue weighted by Crippen LogP contribution is 2.33. The number of carbonyl (C=O) groups is 2. The first-order chi connectivity index (χ1) is 20.5. The summed E-state index contributed by atoms with van der Waals surface area (Å²) >= 11 is 12.4. The standard InChI is InChI=1S/C32H37Cl2N3O5S/c1-4-28(32(39)35-24-9-5-6-10-24)36(20-23-15-18-26(33)27(34)19-23)31(38)21-37(29-11-7-8-12-30(29)42-3)43(40,41)25-16-13-22(2)14-17-25/h7-8,11-19,24,28H,4-6,9-10,20-21H2,1-3H3,(H,35,39)/t28-/m1/s1. The molecule has 0 saturated heterocycles. The van der Waals surface area contributed by atoms with Gasteiger partial charge in [-0.2, -0.15) is 0 Å². The third kappa shape index (κ3) is 7.82. The van der Waals surface area contributed by atoms with Crippen LogP contribution in [-0.4, -0.2) is 50.9 Å². The lowest BCUT2D eigenvalue weighted by molar-refractivity contribution is -0.140. The van der Waals surface area contributed by atoms with Gasteiger partial charge in [-0.3, -0.25) is 13.9 Å². The molecule has 3 aromatic carbocycles. The second-order valence-corrected chi connectivity index (χ2v) is 13.4. The number of nitrogens with one attached hydrogen (secondary N) is 1. The molecule has 0 aliphatic heterocycles. The maximum absolute atomic E-state index is 14.3. The van der Waals surface area contributed by atoms with Gasteiger partial charge in [0, 0.05) is 12.6 Å². The summed E-state index contributed by atoms with van der Waals surface area (Å²) in [6, 6.07) is 17.3. The first-order valence-corrected chi connectivity index (χ1v) is 16.5. The van der Waals surface area contributed by atoms with Crippen molar-refractivity contribution in [3.05, 3.63) is 87.9 Å². The van der Waals surface area contributed by atoms with E-state index >= 15 is 0 Å². The number of aryl methyl sites for hydroxylation is 1. The summed E-state index contributed by atoms with van der Waals surface area (Å²) in [7, 11) is -2.78. The van der Waals surface area contributed by atoms with Gasteiger partial charge in [0.2, 0.25) is 11.8 Å². The molecule has 0 spiro atoms. The third-order valence-corrected chi connectivity index (χ3v) is 10.2. The number of sulfonamides is 1. The first-order valence-electron chi connectivity index (χ1n) is 14.3. The van der Waals surface area contributed by atoms with Crippen molar-refractivity contribution < 1.29 is 22.7 Å². The summed E-state index contributed by atoms with van der Waals surface area (Å²) in [6.07, 6.45) is 4.18. The number of anilines is 1. The van der Waals surface area contributed by atoms with Gasteiger partial charge in [-0.25, -0.2) is 8.42 Å². The van der Waals surface area contributed by atoms with Crippen molar-refractivity contribution in [2.75, 3.05) is 18.0 Å². The Morgan fingerprint density at radius 3 is 2.30 bits per heavy atom. The van der Waals surface area contributed by atoms with Crippen molar-refractivity contribution in [3.8, 4) is 5.75 Å². The fourth-order valence-electron chi connectivity index (χ4n) is 5.31. The Bertz CT molecular complexity index is 1540. The Kier molecular flexibility index (Phi) is 11.0. The number of nitrogens with zero attached hydrogens (tertiary/aromatic N) is 2. The van der Waals surface area contributed by atoms with Crippen molar-refractivity contribution in [2.45, 2.75) is 69.5 Å². The third-order valence-electron chi connectivity index (χ3n) is 7.67. The molecule has 1 aliphatic rings. The van der Waals surface area contributed by atoms with Crippen LogP contribution in [0.4, 0.5) is 5.69 Å². The van der Waals surface area contributed by atoms with Crippen LogP contribution in [0.1, 0.15) is 50.2 Å². The monoisotopic (exact) mass is 645 g/mol. The van der Waals surface area contributed by atoms with Gasteiger partial charge in [0.1, 0.15) is 18.3 Å². The number of hydrogen-bond donors (Lipinski definition) is 1. The van der Waals surface area contributed by atoms with Crippen LogP contribution in [0.3, 0.4) is 0 Å². The lowest BCUT2D eigenvalue weighted by atomic mass is 10.1. The minimum absolute atomic E-state index is 0.0245. The number of amides is 2. The van der Waals surface area contributed by atoms with E-state index in [1.807, 2.05) is 13.8 Å². The summed E-state index contributed by atoms with van der Waals surface area (Å²) in [5.74, 6) is -0.540. The van der Waals surface area contributed by atoms with Crippen molar-refractivity contribution in [2.24, 2.45) is 0 Å². The molecule has 1 aliphatic carbocycles. The van der Waals surface area contributed by atoms with Crippen LogP contribution >= 0.6 is 23.2 Å². The van der Waals surface area contributed by atoms with Crippen LogP contribution in [0.5, 0.6) is 5.75 Å². The summed E-state index contributed by atoms with van der Waals surface area (Å²) in [5.41, 5.74) is 1.75. The molecular weight excluding hydrogens is 609 g/mol. The highest BCUT2D eigenvalue weighted by Gasteiger charge is 2.35. The molecule has 2 amide bonds. The summed E-state index contributed by atoms with van der Waals surface area (Å²) in [4.78, 5) is 29.3. The van der Waals surface area contributed by atoms with E-state index in [1.54, 1.807) is 54.6 Å². The van der Waals surface area contributed by atoms with Crippen LogP contribution in [0.25, 0.3) is 0 Å². The molecule has 1 N–H and O–H groups in total. The number of carbonyl (C=O) groups excluding carboxylic acids is 2. The Morgan fingerprint density at radius 1 is 1.00 bits per heavy atom. The minimum Gasteiger partial charge on any atom is -0.495 e. The molecule has 230 valence electrons. The van der Waals surface area contributed by atoms with Gasteiger partial charge in [0.25, 0.3) is 10.0 Å². The zero-order chi connectivity index (χ0) is 31.1. The molecule has 0 heterocycles. The van der Waals surface area contributed by atoms with E-state index in [-0.39, 0.29) is 34.8 Å². The smallest absolute Gasteiger partial charge is 0.264 e. The quantitative estimate of drug-likeness (QED) is 0.247. The van der Waals surface area contributed by atoms with Crippen LogP contribution in [-0.2, 0) is 26.2 Å². The maximum Gasteiger partial charge on any atom is 0.264 e. The Labute approximate surface area is 264 Å². The molecule has 0 radical (unpaired) electrons. The van der Waals surface area contributed by atoms with Crippen molar-refractivity contribution in [1.82, 2.24) is 10.2 Å². The number of hydrogen-bond acceptors (Lipinski definition) is 5. The molecule has 43 heavy (non-hydrogen) atoms. The van der Waals surface area contributed by atoms with Crippen LogP contribution < -0.4 is 14.4 Å². The van der Waals surface area contributed by atoms with Crippen molar-refractivity contribution >= 4 is 50.7 Å². The summed E-state index contributed by atoms with van der Waals surface area (Å²) in [6.45, 7) is 3.15. The average molecular weight is 647 g/mol. The number of benzene rings is 3. The molecular formula is C32H37Cl2N3O5S. The van der Waals surface area contributed by atoms with E-state index in [2.05, 4.69) is 5.32 Å². The Morgan fingerprint density at radius 2 is 1.67 bits per heavy atom. The lowest BCUT2D eigenvalue weighted by Crippen LogP contribution is -2.53. The number of rotatable bonds is 12. The largest absolute Gasteiger partial charge is 0.495 e. The number of methoxy groups -OCH3 is 1. The SMILES string of the molecule is CC[C@H](C(=O)NC1CCCC1)N(Cc1ccc(Cl)c(Cl)c1)C(=O)CN(c1ccccc1OC)S(=O)(=O)c1ccc(C)cc1. The van der Waals surface area contributed by atoms with Crippen LogP contribution in [0.2, 0.25) is 10.0 Å². The van der Waals surface area contributed by atoms with Gasteiger partial charge in [0.05, 0.1) is 27.7 Å². The predicted octanol–water partition coefficient (Wildman–Crippen LogP) is 6.37. The zero-order valence-electron chi connectivity index (χ0n) is 24.6. The normalized spacial score (nSPS) is 14.3. The van der Waals surface area contributed by atoms with Gasteiger partial charge in [-0.15, -0.1) is 0 Å². The van der Waals surface area contributed by atoms with Gasteiger partial charge >= 0.3 is 0 Å². The molecule has 1 fully saturated rings. The summed E-state index contributed by atoms with van der Waals surface area (Å²) < 4.78 is 34.7. The molecule has 0 aromatic heterocycles. The van der Waals surface area contributed by atoms with Crippen LogP contribution in [0, 0.1) is 6.92 Å².